The number of carboxylic acid groups (broad SMARTS) is 1. The van der Waals surface area contributed by atoms with Crippen LogP contribution in [0.4, 0.5) is 0 Å². The largest absolute Gasteiger partial charge is 0.481 e. The Morgan fingerprint density at radius 2 is 1.05 bits per heavy atom. The Balaban J connectivity index is 1.81. The highest BCUT2D eigenvalue weighted by Gasteiger charge is 2.46. The van der Waals surface area contributed by atoms with Crippen LogP contribution >= 0.6 is 0 Å². The molecule has 0 radical (unpaired) electrons. The third-order valence-corrected chi connectivity index (χ3v) is 14.0. The number of aliphatic carboxylic acids is 1. The third kappa shape index (κ3) is 19.6. The van der Waals surface area contributed by atoms with Crippen molar-refractivity contribution in [2.75, 3.05) is 19.6 Å². The Bertz CT molecular complexity index is 2350. The van der Waals surface area contributed by atoms with Crippen LogP contribution in [-0.2, 0) is 64.0 Å². The smallest absolute Gasteiger partial charge is 0.303 e. The van der Waals surface area contributed by atoms with Gasteiger partial charge in [0.15, 0.2) is 0 Å². The molecular formula is C53H82N12O14. The SMILES string of the molecule is CC(C)C[C@@H]1NC(=O)[C@H](C)NC(=O)[C@H](CC(C)C)NC(=O)[C@H](Cc2ccccc2)NC(=O)[C@@H]2CCCN2C(=O)[C@H]2CCCN2C(=O)[C@H]([C@@H](C)O)NC(=O)[C@H](CCC(=O)O)NC(=O)[C@H](CCCCN)NC(=O)[C@H](CC(N)=O)NC1=O. The van der Waals surface area contributed by atoms with Gasteiger partial charge in [-0.1, -0.05) is 58.0 Å². The number of amides is 11. The van der Waals surface area contributed by atoms with E-state index in [4.69, 9.17) is 11.5 Å². The Hall–Kier alpha value is -7.22. The molecule has 1 aromatic carbocycles. The maximum absolute atomic E-state index is 14.6. The summed E-state index contributed by atoms with van der Waals surface area (Å²) in [6.07, 6.45) is -2.10. The molecule has 438 valence electrons. The number of nitrogens with one attached hydrogen (secondary N) is 8. The van der Waals surface area contributed by atoms with E-state index < -0.39 is 157 Å². The van der Waals surface area contributed by atoms with Gasteiger partial charge in [-0.05, 0) is 102 Å². The topological polar surface area (TPSA) is 400 Å². The number of unbranched alkanes of at least 4 members (excludes halogenated alkanes) is 1. The molecule has 11 atom stereocenters. The van der Waals surface area contributed by atoms with Gasteiger partial charge >= 0.3 is 5.97 Å². The molecule has 26 nitrogen and oxygen atoms in total. The number of nitrogens with two attached hydrogens (primary N) is 2. The quantitative estimate of drug-likeness (QED) is 0.0760. The van der Waals surface area contributed by atoms with Gasteiger partial charge in [-0.3, -0.25) is 57.5 Å². The van der Waals surface area contributed by atoms with Crippen molar-refractivity contribution in [3.8, 4) is 0 Å². The summed E-state index contributed by atoms with van der Waals surface area (Å²) in [6, 6.07) is -5.45. The summed E-state index contributed by atoms with van der Waals surface area (Å²) in [5.41, 5.74) is 11.9. The van der Waals surface area contributed by atoms with E-state index in [0.29, 0.717) is 24.8 Å². The van der Waals surface area contributed by atoms with Crippen LogP contribution in [0.15, 0.2) is 30.3 Å². The maximum Gasteiger partial charge on any atom is 0.303 e. The molecule has 79 heavy (non-hydrogen) atoms. The summed E-state index contributed by atoms with van der Waals surface area (Å²) in [6.45, 7) is 9.96. The van der Waals surface area contributed by atoms with Crippen molar-refractivity contribution in [3.05, 3.63) is 35.9 Å². The van der Waals surface area contributed by atoms with Crippen molar-refractivity contribution in [3.63, 3.8) is 0 Å². The normalized spacial score (nSPS) is 27.3. The van der Waals surface area contributed by atoms with E-state index in [-0.39, 0.29) is 76.4 Å². The van der Waals surface area contributed by atoms with E-state index in [9.17, 15) is 67.7 Å². The minimum atomic E-state index is -1.74. The lowest BCUT2D eigenvalue weighted by Crippen LogP contribution is -2.62. The summed E-state index contributed by atoms with van der Waals surface area (Å²) in [4.78, 5) is 169. The van der Waals surface area contributed by atoms with Crippen LogP contribution in [0.2, 0.25) is 0 Å². The van der Waals surface area contributed by atoms with Gasteiger partial charge in [0.2, 0.25) is 65.0 Å². The van der Waals surface area contributed by atoms with Crippen LogP contribution in [0.3, 0.4) is 0 Å². The standard InChI is InChI=1S/C53H82N12O14/c1-28(2)24-35-47(73)56-30(5)44(70)59-36(25-29(3)4)48(74)61-38(27-41(55)67)50(76)57-33(16-10-11-21-54)45(71)58-34(19-20-42(68)69)46(72)63-43(31(6)66)53(79)65-23-13-18-40(65)52(78)64-22-12-17-39(64)51(77)62-37(49(75)60-35)26-32-14-8-7-9-15-32/h7-9,14-15,28-31,33-40,43,66H,10-13,16-27,54H2,1-6H3,(H2,55,67)(H,56,73)(H,57,76)(H,58,71)(H,59,70)(H,60,75)(H,61,74)(H,62,77)(H,63,72)(H,68,69)/t30-,31+,33-,34-,35-,36-,37-,38-,39-,40+,43-/m0/s1. The first-order valence-electron chi connectivity index (χ1n) is 27.3. The maximum atomic E-state index is 14.6. The fraction of sp³-hybridized carbons (Fsp3) is 0.660. The number of aliphatic hydroxyl groups is 1. The zero-order chi connectivity index (χ0) is 58.7. The highest BCUT2D eigenvalue weighted by atomic mass is 16.4. The average Bonchev–Trinajstić information content (AvgIpc) is 4.10. The number of fused-ring (bicyclic) bond motifs is 2. The molecule has 3 fully saturated rings. The summed E-state index contributed by atoms with van der Waals surface area (Å²) in [5.74, 6) is -11.5. The highest BCUT2D eigenvalue weighted by molar-refractivity contribution is 6.00. The highest BCUT2D eigenvalue weighted by Crippen LogP contribution is 2.27. The van der Waals surface area contributed by atoms with E-state index >= 15 is 0 Å². The van der Waals surface area contributed by atoms with Gasteiger partial charge in [-0.15, -0.1) is 0 Å². The predicted octanol–water partition coefficient (Wildman–Crippen LogP) is -2.53. The second kappa shape index (κ2) is 30.8. The average molecular weight is 1110 g/mol. The summed E-state index contributed by atoms with van der Waals surface area (Å²) < 4.78 is 0. The molecule has 3 aliphatic rings. The van der Waals surface area contributed by atoms with Crippen molar-refractivity contribution in [2.24, 2.45) is 23.3 Å². The Kier molecular flexibility index (Phi) is 25.1. The molecule has 3 aliphatic heterocycles. The number of carboxylic acids is 1. The molecule has 4 rings (SSSR count). The van der Waals surface area contributed by atoms with Gasteiger partial charge in [0.25, 0.3) is 0 Å². The molecule has 3 heterocycles. The number of primary amides is 1. The molecule has 0 aromatic heterocycles. The number of carbonyl (C=O) groups is 12. The van der Waals surface area contributed by atoms with E-state index in [1.807, 2.05) is 13.8 Å². The summed E-state index contributed by atoms with van der Waals surface area (Å²) >= 11 is 0. The minimum Gasteiger partial charge on any atom is -0.481 e. The molecule has 0 aliphatic carbocycles. The molecular weight excluding hydrogens is 1030 g/mol. The molecule has 26 heteroatoms. The predicted molar refractivity (Wildman–Crippen MR) is 285 cm³/mol. The van der Waals surface area contributed by atoms with Crippen molar-refractivity contribution in [2.45, 2.75) is 192 Å². The van der Waals surface area contributed by atoms with Crippen LogP contribution in [-0.4, -0.2) is 177 Å². The van der Waals surface area contributed by atoms with Gasteiger partial charge in [0.1, 0.15) is 60.4 Å². The molecule has 0 unspecified atom stereocenters. The van der Waals surface area contributed by atoms with E-state index in [1.165, 1.54) is 23.6 Å². The van der Waals surface area contributed by atoms with E-state index in [1.54, 1.807) is 44.2 Å². The van der Waals surface area contributed by atoms with E-state index in [0.717, 1.165) is 0 Å². The number of hydrogen-bond acceptors (Lipinski definition) is 14. The number of nitrogens with zero attached hydrogens (tertiary/aromatic N) is 2. The zero-order valence-corrected chi connectivity index (χ0v) is 46.0. The van der Waals surface area contributed by atoms with Crippen molar-refractivity contribution < 1.29 is 67.7 Å². The summed E-state index contributed by atoms with van der Waals surface area (Å²) in [7, 11) is 0. The van der Waals surface area contributed by atoms with Gasteiger partial charge in [-0.25, -0.2) is 0 Å². The number of rotatable bonds is 16. The monoisotopic (exact) mass is 1110 g/mol. The molecule has 0 saturated carbocycles. The van der Waals surface area contributed by atoms with Crippen LogP contribution in [0.25, 0.3) is 0 Å². The molecule has 0 bridgehead atoms. The van der Waals surface area contributed by atoms with Gasteiger partial charge in [0.05, 0.1) is 12.5 Å². The first kappa shape index (κ1) is 64.3. The Morgan fingerprint density at radius 3 is 1.61 bits per heavy atom. The summed E-state index contributed by atoms with van der Waals surface area (Å²) in [5, 5.41) is 41.2. The van der Waals surface area contributed by atoms with Crippen LogP contribution < -0.4 is 54.0 Å². The number of hydrogen-bond donors (Lipinski definition) is 12. The van der Waals surface area contributed by atoms with Gasteiger partial charge in [0, 0.05) is 25.9 Å². The van der Waals surface area contributed by atoms with E-state index in [2.05, 4.69) is 42.5 Å². The first-order valence-corrected chi connectivity index (χ1v) is 27.3. The third-order valence-electron chi connectivity index (χ3n) is 14.0. The minimum absolute atomic E-state index is 0.00582. The van der Waals surface area contributed by atoms with Crippen molar-refractivity contribution in [1.29, 1.82) is 0 Å². The number of carbonyl (C=O) groups excluding carboxylic acids is 11. The van der Waals surface area contributed by atoms with Crippen LogP contribution in [0.5, 0.6) is 0 Å². The van der Waals surface area contributed by atoms with Crippen molar-refractivity contribution in [1.82, 2.24) is 52.3 Å². The molecule has 14 N–H and O–H groups in total. The Morgan fingerprint density at radius 1 is 0.582 bits per heavy atom. The lowest BCUT2D eigenvalue weighted by atomic mass is 10.00. The fourth-order valence-corrected chi connectivity index (χ4v) is 9.81. The first-order chi connectivity index (χ1) is 37.3. The number of aliphatic hydroxyl groups excluding tert-OH is 1. The van der Waals surface area contributed by atoms with Crippen molar-refractivity contribution >= 4 is 70.9 Å². The fourth-order valence-electron chi connectivity index (χ4n) is 9.81. The molecule has 3 saturated heterocycles. The molecule has 11 amide bonds. The molecule has 0 spiro atoms. The molecule has 1 aromatic rings. The lowest BCUT2D eigenvalue weighted by Gasteiger charge is -2.34. The Labute approximate surface area is 460 Å². The lowest BCUT2D eigenvalue weighted by molar-refractivity contribution is -0.149. The second-order valence-electron chi connectivity index (χ2n) is 21.5. The zero-order valence-electron chi connectivity index (χ0n) is 46.0. The second-order valence-corrected chi connectivity index (χ2v) is 21.5. The number of benzene rings is 1. The van der Waals surface area contributed by atoms with Crippen LogP contribution in [0, 0.1) is 11.8 Å². The van der Waals surface area contributed by atoms with Crippen LogP contribution in [0.1, 0.15) is 124 Å². The van der Waals surface area contributed by atoms with Gasteiger partial charge < -0.3 is 74.0 Å². The van der Waals surface area contributed by atoms with Gasteiger partial charge in [-0.2, -0.15) is 0 Å².